The molecule has 0 aliphatic heterocycles. The number of nitrogen functional groups attached to an aromatic ring is 1. The lowest BCUT2D eigenvalue weighted by Gasteiger charge is -2.21. The smallest absolute Gasteiger partial charge is 0.260 e. The van der Waals surface area contributed by atoms with Crippen LogP contribution in [-0.4, -0.2) is 45.5 Å². The van der Waals surface area contributed by atoms with Crippen LogP contribution in [0.4, 0.5) is 5.82 Å². The predicted molar refractivity (Wildman–Crippen MR) is 131 cm³/mol. The third kappa shape index (κ3) is 4.62. The fourth-order valence-electron chi connectivity index (χ4n) is 3.91. The van der Waals surface area contributed by atoms with Crippen molar-refractivity contribution in [2.24, 2.45) is 0 Å². The Morgan fingerprint density at radius 3 is 2.79 bits per heavy atom. The van der Waals surface area contributed by atoms with E-state index in [-0.39, 0.29) is 35.7 Å². The number of amides is 1. The minimum Gasteiger partial charge on any atom is -0.381 e. The molecule has 1 amide bonds. The summed E-state index contributed by atoms with van der Waals surface area (Å²) in [6.45, 7) is 1.87. The number of benzene rings is 1. The van der Waals surface area contributed by atoms with Crippen molar-refractivity contribution in [3.8, 4) is 0 Å². The first-order valence-corrected chi connectivity index (χ1v) is 12.9. The van der Waals surface area contributed by atoms with Crippen LogP contribution in [-0.2, 0) is 16.4 Å². The van der Waals surface area contributed by atoms with Gasteiger partial charge in [0.05, 0.1) is 22.2 Å². The number of nitrogens with one attached hydrogen (secondary N) is 1. The van der Waals surface area contributed by atoms with Gasteiger partial charge in [0.15, 0.2) is 11.5 Å². The van der Waals surface area contributed by atoms with Gasteiger partial charge in [-0.15, -0.1) is 5.10 Å². The van der Waals surface area contributed by atoms with Crippen molar-refractivity contribution in [1.29, 1.82) is 0 Å². The fraction of sp³-hybridized carbons (Fsp3) is 0.273. The van der Waals surface area contributed by atoms with Crippen molar-refractivity contribution in [3.63, 3.8) is 0 Å². The molecule has 1 aromatic carbocycles. The number of halogens is 1. The summed E-state index contributed by atoms with van der Waals surface area (Å²) in [5.74, 6) is -0.551. The largest absolute Gasteiger partial charge is 0.381 e. The Bertz CT molecular complexity index is 1580. The molecule has 0 saturated heterocycles. The maximum absolute atomic E-state index is 13.3. The van der Waals surface area contributed by atoms with Gasteiger partial charge in [-0.05, 0) is 36.9 Å². The Balaban J connectivity index is 1.74. The summed E-state index contributed by atoms with van der Waals surface area (Å²) < 4.78 is 26.1. The van der Waals surface area contributed by atoms with E-state index >= 15 is 0 Å². The number of pyridine rings is 1. The molecule has 10 nitrogen and oxygen atoms in total. The van der Waals surface area contributed by atoms with Gasteiger partial charge in [-0.1, -0.05) is 23.7 Å². The van der Waals surface area contributed by atoms with E-state index in [0.29, 0.717) is 27.1 Å². The van der Waals surface area contributed by atoms with Crippen LogP contribution in [0.15, 0.2) is 47.5 Å². The quantitative estimate of drug-likeness (QED) is 0.394. The lowest BCUT2D eigenvalue weighted by atomic mass is 10.1. The lowest BCUT2D eigenvalue weighted by Crippen LogP contribution is -2.33. The predicted octanol–water partition coefficient (Wildman–Crippen LogP) is 2.21. The Morgan fingerprint density at radius 2 is 2.06 bits per heavy atom. The molecule has 178 valence electrons. The first-order valence-electron chi connectivity index (χ1n) is 10.5. The molecule has 1 atom stereocenters. The molecule has 3 heterocycles. The molecule has 12 heteroatoms. The van der Waals surface area contributed by atoms with Crippen molar-refractivity contribution in [3.05, 3.63) is 69.4 Å². The topological polar surface area (TPSA) is 141 Å². The summed E-state index contributed by atoms with van der Waals surface area (Å²) in [6, 6.07) is 7.92. The van der Waals surface area contributed by atoms with E-state index in [0.717, 1.165) is 6.26 Å². The standard InChI is InChI=1S/C22H23ClN6O4S/c1-13(26-21(30)18-19(24)27-29-10-4-8-25-20(18)29)16-12-14-6-3-7-15(23)17(14)22(31)28(16)9-5-11-34(2,32)33/h3-4,6-8,10,12-13H,5,9,11H2,1-2H3,(H2,24,27)(H,26,30). The Labute approximate surface area is 200 Å². The molecule has 3 N–H and O–H groups in total. The highest BCUT2D eigenvalue weighted by Gasteiger charge is 2.23. The first-order chi connectivity index (χ1) is 16.1. The van der Waals surface area contributed by atoms with E-state index in [9.17, 15) is 18.0 Å². The zero-order chi connectivity index (χ0) is 24.6. The van der Waals surface area contributed by atoms with Gasteiger partial charge in [0.25, 0.3) is 11.5 Å². The molecule has 0 saturated carbocycles. The van der Waals surface area contributed by atoms with E-state index < -0.39 is 21.8 Å². The van der Waals surface area contributed by atoms with Gasteiger partial charge in [-0.2, -0.15) is 0 Å². The zero-order valence-electron chi connectivity index (χ0n) is 18.5. The average molecular weight is 503 g/mol. The van der Waals surface area contributed by atoms with E-state index in [1.165, 1.54) is 15.3 Å². The van der Waals surface area contributed by atoms with Gasteiger partial charge in [0.2, 0.25) is 0 Å². The second kappa shape index (κ2) is 9.07. The Morgan fingerprint density at radius 1 is 1.29 bits per heavy atom. The van der Waals surface area contributed by atoms with Gasteiger partial charge in [0, 0.05) is 30.9 Å². The van der Waals surface area contributed by atoms with Crippen LogP contribution in [0.25, 0.3) is 16.4 Å². The number of hydrogen-bond acceptors (Lipinski definition) is 7. The van der Waals surface area contributed by atoms with Gasteiger partial charge >= 0.3 is 0 Å². The molecule has 4 aromatic rings. The molecule has 34 heavy (non-hydrogen) atoms. The maximum Gasteiger partial charge on any atom is 0.260 e. The van der Waals surface area contributed by atoms with Gasteiger partial charge < -0.3 is 15.6 Å². The van der Waals surface area contributed by atoms with Crippen LogP contribution in [0.3, 0.4) is 0 Å². The number of fused-ring (bicyclic) bond motifs is 2. The van der Waals surface area contributed by atoms with Crippen molar-refractivity contribution in [2.75, 3.05) is 17.7 Å². The number of nitrogens with two attached hydrogens (primary N) is 1. The van der Waals surface area contributed by atoms with Crippen molar-refractivity contribution in [1.82, 2.24) is 24.5 Å². The van der Waals surface area contributed by atoms with Crippen LogP contribution < -0.4 is 16.6 Å². The average Bonchev–Trinajstić information content (AvgIpc) is 3.09. The molecular weight excluding hydrogens is 480 g/mol. The van der Waals surface area contributed by atoms with Gasteiger partial charge in [-0.3, -0.25) is 9.59 Å². The second-order valence-electron chi connectivity index (χ2n) is 8.06. The Hall–Kier alpha value is -3.44. The maximum atomic E-state index is 13.3. The highest BCUT2D eigenvalue weighted by molar-refractivity contribution is 7.90. The van der Waals surface area contributed by atoms with E-state index in [1.807, 2.05) is 0 Å². The number of sulfone groups is 1. The monoisotopic (exact) mass is 502 g/mol. The fourth-order valence-corrected chi connectivity index (χ4v) is 4.83. The second-order valence-corrected chi connectivity index (χ2v) is 10.7. The molecule has 1 unspecified atom stereocenters. The summed E-state index contributed by atoms with van der Waals surface area (Å²) in [6.07, 6.45) is 4.54. The number of hydrogen-bond donors (Lipinski definition) is 2. The highest BCUT2D eigenvalue weighted by atomic mass is 35.5. The first kappa shape index (κ1) is 23.7. The number of carbonyl (C=O) groups is 1. The summed E-state index contributed by atoms with van der Waals surface area (Å²) >= 11 is 6.29. The molecule has 3 aromatic heterocycles. The molecule has 0 aliphatic carbocycles. The normalized spacial score (nSPS) is 12.8. The molecule has 4 rings (SSSR count). The summed E-state index contributed by atoms with van der Waals surface area (Å²) in [5.41, 5.74) is 6.54. The van der Waals surface area contributed by atoms with Crippen LogP contribution >= 0.6 is 11.6 Å². The molecule has 0 spiro atoms. The lowest BCUT2D eigenvalue weighted by molar-refractivity contribution is 0.0940. The van der Waals surface area contributed by atoms with Crippen molar-refractivity contribution < 1.29 is 13.2 Å². The van der Waals surface area contributed by atoms with Crippen LogP contribution in [0.5, 0.6) is 0 Å². The minimum atomic E-state index is -3.21. The van der Waals surface area contributed by atoms with Crippen LogP contribution in [0.1, 0.15) is 35.4 Å². The van der Waals surface area contributed by atoms with Crippen molar-refractivity contribution in [2.45, 2.75) is 25.9 Å². The number of aromatic nitrogens is 4. The van der Waals surface area contributed by atoms with E-state index in [2.05, 4.69) is 15.4 Å². The summed E-state index contributed by atoms with van der Waals surface area (Å²) in [5, 5.41) is 8.22. The molecule has 0 bridgehead atoms. The van der Waals surface area contributed by atoms with E-state index in [4.69, 9.17) is 17.3 Å². The molecule has 0 aliphatic rings. The molecular formula is C22H23ClN6O4S. The van der Waals surface area contributed by atoms with Gasteiger partial charge in [0.1, 0.15) is 15.4 Å². The van der Waals surface area contributed by atoms with Gasteiger partial charge in [-0.25, -0.2) is 17.9 Å². The molecule has 0 radical (unpaired) electrons. The highest BCUT2D eigenvalue weighted by Crippen LogP contribution is 2.24. The van der Waals surface area contributed by atoms with E-state index in [1.54, 1.807) is 43.5 Å². The summed E-state index contributed by atoms with van der Waals surface area (Å²) in [7, 11) is -3.21. The SMILES string of the molecule is CC(NC(=O)c1c(N)nn2cccnc12)c1cc2cccc(Cl)c2c(=O)n1CCCS(C)(=O)=O. The van der Waals surface area contributed by atoms with Crippen molar-refractivity contribution >= 4 is 49.6 Å². The zero-order valence-corrected chi connectivity index (χ0v) is 20.1. The third-order valence-corrected chi connectivity index (χ3v) is 6.80. The van der Waals surface area contributed by atoms with Crippen LogP contribution in [0.2, 0.25) is 5.02 Å². The number of anilines is 1. The minimum absolute atomic E-state index is 0.0271. The summed E-state index contributed by atoms with van der Waals surface area (Å²) in [4.78, 5) is 30.6. The number of carbonyl (C=O) groups excluding carboxylic acids is 1. The van der Waals surface area contributed by atoms with Crippen LogP contribution in [0, 0.1) is 0 Å². The third-order valence-electron chi connectivity index (χ3n) is 5.46. The number of rotatable bonds is 7. The molecule has 0 fully saturated rings. The Kier molecular flexibility index (Phi) is 6.32. The number of nitrogens with zero attached hydrogens (tertiary/aromatic N) is 4.